The SMILES string of the molecule is ClC1=CC(Sc2cccc(OCc3ccccc3)c2)CC=C1CBr. The smallest absolute Gasteiger partial charge is 0.120 e. The van der Waals surface area contributed by atoms with E-state index in [1.807, 2.05) is 42.1 Å². The fourth-order valence-electron chi connectivity index (χ4n) is 2.45. The highest BCUT2D eigenvalue weighted by atomic mass is 79.9. The Balaban J connectivity index is 1.61. The Labute approximate surface area is 160 Å². The molecule has 1 nitrogen and oxygen atoms in total. The molecule has 2 aromatic carbocycles. The van der Waals surface area contributed by atoms with Gasteiger partial charge in [0, 0.05) is 20.5 Å². The Hall–Kier alpha value is -1.16. The van der Waals surface area contributed by atoms with Gasteiger partial charge in [-0.05, 0) is 35.8 Å². The molecule has 0 aromatic heterocycles. The van der Waals surface area contributed by atoms with Gasteiger partial charge in [0.2, 0.25) is 0 Å². The van der Waals surface area contributed by atoms with Crippen LogP contribution in [0.5, 0.6) is 5.75 Å². The van der Waals surface area contributed by atoms with Crippen LogP contribution in [0.2, 0.25) is 0 Å². The second-order valence-corrected chi connectivity index (χ2v) is 7.80. The molecule has 0 saturated heterocycles. The third kappa shape index (κ3) is 4.92. The average Bonchev–Trinajstić information content (AvgIpc) is 2.61. The van der Waals surface area contributed by atoms with Crippen molar-refractivity contribution in [2.75, 3.05) is 5.33 Å². The van der Waals surface area contributed by atoms with E-state index in [1.165, 1.54) is 16.0 Å². The highest BCUT2D eigenvalue weighted by Gasteiger charge is 2.15. The molecule has 4 heteroatoms. The van der Waals surface area contributed by atoms with Crippen molar-refractivity contribution >= 4 is 39.3 Å². The van der Waals surface area contributed by atoms with Gasteiger partial charge in [-0.25, -0.2) is 0 Å². The number of rotatable bonds is 6. The fourth-order valence-corrected chi connectivity index (χ4v) is 4.60. The van der Waals surface area contributed by atoms with Gasteiger partial charge >= 0.3 is 0 Å². The molecule has 0 aliphatic heterocycles. The van der Waals surface area contributed by atoms with Crippen LogP contribution in [0.4, 0.5) is 0 Å². The van der Waals surface area contributed by atoms with Crippen LogP contribution in [0, 0.1) is 0 Å². The molecule has 0 saturated carbocycles. The van der Waals surface area contributed by atoms with Crippen LogP contribution in [0.1, 0.15) is 12.0 Å². The molecule has 0 heterocycles. The van der Waals surface area contributed by atoms with Crippen LogP contribution in [0.3, 0.4) is 0 Å². The second-order valence-electron chi connectivity index (χ2n) is 5.52. The van der Waals surface area contributed by atoms with E-state index in [0.717, 1.165) is 22.5 Å². The first-order valence-electron chi connectivity index (χ1n) is 7.81. The van der Waals surface area contributed by atoms with Crippen molar-refractivity contribution < 1.29 is 4.74 Å². The van der Waals surface area contributed by atoms with E-state index in [2.05, 4.69) is 52.3 Å². The van der Waals surface area contributed by atoms with Gasteiger partial charge in [0.05, 0.1) is 0 Å². The van der Waals surface area contributed by atoms with Crippen LogP contribution in [-0.2, 0) is 6.61 Å². The standard InChI is InChI=1S/C20H18BrClOS/c21-13-16-9-10-19(12-20(16)22)24-18-8-4-7-17(11-18)23-14-15-5-2-1-3-6-15/h1-9,11-12,19H,10,13-14H2. The van der Waals surface area contributed by atoms with Gasteiger partial charge in [0.25, 0.3) is 0 Å². The van der Waals surface area contributed by atoms with E-state index >= 15 is 0 Å². The number of hydrogen-bond donors (Lipinski definition) is 0. The number of thioether (sulfide) groups is 1. The summed E-state index contributed by atoms with van der Waals surface area (Å²) in [6, 6.07) is 18.5. The summed E-state index contributed by atoms with van der Waals surface area (Å²) >= 11 is 11.6. The number of benzene rings is 2. The van der Waals surface area contributed by atoms with E-state index in [1.54, 1.807) is 0 Å². The molecule has 124 valence electrons. The van der Waals surface area contributed by atoms with Gasteiger partial charge in [-0.15, -0.1) is 11.8 Å². The number of alkyl halides is 1. The largest absolute Gasteiger partial charge is 0.489 e. The molecular weight excluding hydrogens is 404 g/mol. The van der Waals surface area contributed by atoms with Gasteiger partial charge < -0.3 is 4.74 Å². The molecule has 0 fully saturated rings. The van der Waals surface area contributed by atoms with Gasteiger partial charge in [0.1, 0.15) is 12.4 Å². The summed E-state index contributed by atoms with van der Waals surface area (Å²) in [6.45, 7) is 0.585. The molecule has 0 bridgehead atoms. The summed E-state index contributed by atoms with van der Waals surface area (Å²) in [5.41, 5.74) is 2.35. The van der Waals surface area contributed by atoms with Crippen LogP contribution in [0.15, 0.2) is 82.3 Å². The third-order valence-corrected chi connectivity index (χ3v) is 5.85. The highest BCUT2D eigenvalue weighted by Crippen LogP contribution is 2.35. The van der Waals surface area contributed by atoms with E-state index in [0.29, 0.717) is 11.9 Å². The zero-order valence-electron chi connectivity index (χ0n) is 13.1. The zero-order chi connectivity index (χ0) is 16.8. The Morgan fingerprint density at radius 2 is 1.96 bits per heavy atom. The maximum absolute atomic E-state index is 6.32. The first-order valence-corrected chi connectivity index (χ1v) is 10.2. The second kappa shape index (κ2) is 8.80. The van der Waals surface area contributed by atoms with E-state index in [-0.39, 0.29) is 0 Å². The molecule has 0 spiro atoms. The Kier molecular flexibility index (Phi) is 6.47. The van der Waals surface area contributed by atoms with Crippen LogP contribution in [-0.4, -0.2) is 10.6 Å². The number of hydrogen-bond acceptors (Lipinski definition) is 2. The predicted molar refractivity (Wildman–Crippen MR) is 107 cm³/mol. The zero-order valence-corrected chi connectivity index (χ0v) is 16.3. The molecule has 1 aliphatic rings. The Morgan fingerprint density at radius 3 is 2.71 bits per heavy atom. The van der Waals surface area contributed by atoms with Crippen molar-refractivity contribution in [1.82, 2.24) is 0 Å². The first-order chi connectivity index (χ1) is 11.7. The molecule has 24 heavy (non-hydrogen) atoms. The third-order valence-electron chi connectivity index (χ3n) is 3.72. The lowest BCUT2D eigenvalue weighted by Crippen LogP contribution is -2.04. The maximum atomic E-state index is 6.32. The first kappa shape index (κ1) is 17.7. The van der Waals surface area contributed by atoms with E-state index in [4.69, 9.17) is 16.3 Å². The lowest BCUT2D eigenvalue weighted by atomic mass is 10.1. The lowest BCUT2D eigenvalue weighted by molar-refractivity contribution is 0.305. The molecule has 1 aliphatic carbocycles. The van der Waals surface area contributed by atoms with Crippen molar-refractivity contribution in [3.05, 3.63) is 82.9 Å². The van der Waals surface area contributed by atoms with Crippen molar-refractivity contribution in [2.45, 2.75) is 23.2 Å². The lowest BCUT2D eigenvalue weighted by Gasteiger charge is -2.18. The average molecular weight is 422 g/mol. The number of halogens is 2. The minimum atomic E-state index is 0.365. The Morgan fingerprint density at radius 1 is 1.12 bits per heavy atom. The normalized spacial score (nSPS) is 17.2. The van der Waals surface area contributed by atoms with Crippen molar-refractivity contribution in [1.29, 1.82) is 0 Å². The van der Waals surface area contributed by atoms with Gasteiger partial charge in [-0.1, -0.05) is 76.1 Å². The molecule has 1 unspecified atom stereocenters. The predicted octanol–water partition coefficient (Wildman–Crippen LogP) is 6.57. The monoisotopic (exact) mass is 420 g/mol. The number of ether oxygens (including phenoxy) is 1. The summed E-state index contributed by atoms with van der Waals surface area (Å²) in [5.74, 6) is 0.895. The molecule has 1 atom stereocenters. The van der Waals surface area contributed by atoms with E-state index in [9.17, 15) is 0 Å². The molecule has 0 amide bonds. The van der Waals surface area contributed by atoms with Crippen LogP contribution < -0.4 is 4.74 Å². The topological polar surface area (TPSA) is 9.23 Å². The molecule has 0 radical (unpaired) electrons. The minimum Gasteiger partial charge on any atom is -0.489 e. The quantitative estimate of drug-likeness (QED) is 0.487. The summed E-state index contributed by atoms with van der Waals surface area (Å²) in [5, 5.41) is 2.03. The molecular formula is C20H18BrClOS. The van der Waals surface area contributed by atoms with Crippen LogP contribution >= 0.6 is 39.3 Å². The fraction of sp³-hybridized carbons (Fsp3) is 0.200. The summed E-state index contributed by atoms with van der Waals surface area (Å²) < 4.78 is 5.90. The van der Waals surface area contributed by atoms with Crippen molar-refractivity contribution in [3.8, 4) is 5.75 Å². The highest BCUT2D eigenvalue weighted by molar-refractivity contribution is 9.09. The van der Waals surface area contributed by atoms with Crippen molar-refractivity contribution in [2.24, 2.45) is 0 Å². The van der Waals surface area contributed by atoms with Gasteiger partial charge in [0.15, 0.2) is 0 Å². The van der Waals surface area contributed by atoms with Crippen LogP contribution in [0.25, 0.3) is 0 Å². The summed E-state index contributed by atoms with van der Waals surface area (Å²) in [6.07, 6.45) is 5.35. The molecule has 0 N–H and O–H groups in total. The van der Waals surface area contributed by atoms with Gasteiger partial charge in [-0.3, -0.25) is 0 Å². The molecule has 3 rings (SSSR count). The maximum Gasteiger partial charge on any atom is 0.120 e. The number of allylic oxidation sites excluding steroid dienone is 3. The van der Waals surface area contributed by atoms with Gasteiger partial charge in [-0.2, -0.15) is 0 Å². The minimum absolute atomic E-state index is 0.365. The van der Waals surface area contributed by atoms with E-state index < -0.39 is 0 Å². The summed E-state index contributed by atoms with van der Waals surface area (Å²) in [7, 11) is 0. The Bertz CT molecular complexity index is 742. The molecule has 2 aromatic rings. The van der Waals surface area contributed by atoms with Crippen molar-refractivity contribution in [3.63, 3.8) is 0 Å². The summed E-state index contributed by atoms with van der Waals surface area (Å²) in [4.78, 5) is 1.20.